The molecule has 21 heavy (non-hydrogen) atoms. The van der Waals surface area contributed by atoms with E-state index >= 15 is 0 Å². The molecule has 0 saturated heterocycles. The van der Waals surface area contributed by atoms with Gasteiger partial charge in [-0.1, -0.05) is 18.2 Å². The Bertz CT molecular complexity index is 663. The summed E-state index contributed by atoms with van der Waals surface area (Å²) in [4.78, 5) is 0. The van der Waals surface area contributed by atoms with Gasteiger partial charge in [0.05, 0.1) is 6.61 Å². The summed E-state index contributed by atoms with van der Waals surface area (Å²) >= 11 is 0. The van der Waals surface area contributed by atoms with Crippen molar-refractivity contribution < 1.29 is 22.3 Å². The second-order valence-electron chi connectivity index (χ2n) is 4.77. The minimum atomic E-state index is -1.43. The highest BCUT2D eigenvalue weighted by atomic mass is 19.2. The van der Waals surface area contributed by atoms with E-state index in [4.69, 9.17) is 4.74 Å². The van der Waals surface area contributed by atoms with Crippen LogP contribution in [0.3, 0.4) is 0 Å². The van der Waals surface area contributed by atoms with Crippen LogP contribution < -0.4 is 10.1 Å². The van der Waals surface area contributed by atoms with Crippen molar-refractivity contribution in [3.63, 3.8) is 0 Å². The summed E-state index contributed by atoms with van der Waals surface area (Å²) in [6.07, 6.45) is 0. The van der Waals surface area contributed by atoms with Crippen LogP contribution in [0.25, 0.3) is 0 Å². The first-order chi connectivity index (χ1) is 10.1. The van der Waals surface area contributed by atoms with E-state index in [1.54, 1.807) is 6.07 Å². The van der Waals surface area contributed by atoms with Crippen molar-refractivity contribution in [2.45, 2.75) is 5.92 Å². The van der Waals surface area contributed by atoms with Crippen LogP contribution in [0.1, 0.15) is 11.5 Å². The van der Waals surface area contributed by atoms with Gasteiger partial charge in [-0.3, -0.25) is 0 Å². The minimum Gasteiger partial charge on any atom is -0.493 e. The lowest BCUT2D eigenvalue weighted by atomic mass is 10.0. The molecule has 1 atom stereocenters. The van der Waals surface area contributed by atoms with E-state index in [0.717, 1.165) is 5.56 Å². The molecule has 0 bridgehead atoms. The third-order valence-corrected chi connectivity index (χ3v) is 3.44. The van der Waals surface area contributed by atoms with E-state index in [-0.39, 0.29) is 18.5 Å². The highest BCUT2D eigenvalue weighted by molar-refractivity contribution is 5.48. The Balaban J connectivity index is 1.81. The van der Waals surface area contributed by atoms with Crippen LogP contribution in [0, 0.1) is 23.3 Å². The number of hydrogen-bond acceptors (Lipinski definition) is 2. The van der Waals surface area contributed by atoms with E-state index in [1.165, 1.54) is 0 Å². The smallest absolute Gasteiger partial charge is 0.185 e. The van der Waals surface area contributed by atoms with E-state index in [1.807, 2.05) is 18.2 Å². The lowest BCUT2D eigenvalue weighted by Crippen LogP contribution is -2.16. The largest absolute Gasteiger partial charge is 0.493 e. The molecule has 2 aromatic carbocycles. The number of benzene rings is 2. The average Bonchev–Trinajstić information content (AvgIpc) is 2.89. The zero-order chi connectivity index (χ0) is 15.0. The van der Waals surface area contributed by atoms with Gasteiger partial charge in [-0.15, -0.1) is 0 Å². The Morgan fingerprint density at radius 1 is 1.05 bits per heavy atom. The summed E-state index contributed by atoms with van der Waals surface area (Å²) in [6, 6.07) is 7.45. The maximum absolute atomic E-state index is 13.5. The van der Waals surface area contributed by atoms with Gasteiger partial charge in [0.2, 0.25) is 0 Å². The molecule has 1 aliphatic rings. The monoisotopic (exact) mass is 297 g/mol. The van der Waals surface area contributed by atoms with Crippen molar-refractivity contribution in [3.8, 4) is 5.75 Å². The zero-order valence-corrected chi connectivity index (χ0v) is 10.8. The first kappa shape index (κ1) is 13.7. The molecule has 0 aromatic heterocycles. The predicted octanol–water partition coefficient (Wildman–Crippen LogP) is 3.83. The van der Waals surface area contributed by atoms with Crippen LogP contribution in [0.2, 0.25) is 0 Å². The SMILES string of the molecule is Fc1cc(F)c(F)c(NCC2COc3ccccc32)c1F. The molecule has 3 rings (SSSR count). The number of nitrogens with one attached hydrogen (secondary N) is 1. The summed E-state index contributed by atoms with van der Waals surface area (Å²) in [6.45, 7) is 0.446. The van der Waals surface area contributed by atoms with Crippen molar-refractivity contribution in [3.05, 3.63) is 59.2 Å². The standard InChI is InChI=1S/C15H11F4NO/c16-10-5-11(17)14(19)15(13(10)18)20-6-8-7-21-12-4-2-1-3-9(8)12/h1-5,8,20H,6-7H2. The summed E-state index contributed by atoms with van der Waals surface area (Å²) in [7, 11) is 0. The van der Waals surface area contributed by atoms with Crippen LogP contribution in [0.4, 0.5) is 23.2 Å². The molecule has 6 heteroatoms. The van der Waals surface area contributed by atoms with Gasteiger partial charge in [0.25, 0.3) is 0 Å². The molecule has 0 amide bonds. The van der Waals surface area contributed by atoms with Gasteiger partial charge < -0.3 is 10.1 Å². The molecule has 0 radical (unpaired) electrons. The fourth-order valence-corrected chi connectivity index (χ4v) is 2.35. The molecule has 2 nitrogen and oxygen atoms in total. The van der Waals surface area contributed by atoms with Gasteiger partial charge in [0, 0.05) is 24.1 Å². The Kier molecular flexibility index (Phi) is 3.45. The van der Waals surface area contributed by atoms with Gasteiger partial charge in [0.1, 0.15) is 11.4 Å². The topological polar surface area (TPSA) is 21.3 Å². The summed E-state index contributed by atoms with van der Waals surface area (Å²) < 4.78 is 58.7. The molecule has 1 unspecified atom stereocenters. The van der Waals surface area contributed by atoms with Gasteiger partial charge in [0.15, 0.2) is 23.3 Å². The van der Waals surface area contributed by atoms with Crippen molar-refractivity contribution in [2.24, 2.45) is 0 Å². The van der Waals surface area contributed by atoms with Crippen LogP contribution in [0.5, 0.6) is 5.75 Å². The quantitative estimate of drug-likeness (QED) is 0.686. The molecule has 0 fully saturated rings. The van der Waals surface area contributed by atoms with Gasteiger partial charge >= 0.3 is 0 Å². The molecule has 0 spiro atoms. The first-order valence-corrected chi connectivity index (χ1v) is 6.36. The lowest BCUT2D eigenvalue weighted by Gasteiger charge is -2.13. The number of rotatable bonds is 3. The fraction of sp³-hybridized carbons (Fsp3) is 0.200. The molecular weight excluding hydrogens is 286 g/mol. The van der Waals surface area contributed by atoms with E-state index in [0.29, 0.717) is 12.4 Å². The maximum atomic E-state index is 13.5. The summed E-state index contributed by atoms with van der Waals surface area (Å²) in [5.41, 5.74) is 0.0968. The van der Waals surface area contributed by atoms with E-state index in [2.05, 4.69) is 5.32 Å². The van der Waals surface area contributed by atoms with Crippen LogP contribution in [-0.2, 0) is 0 Å². The molecule has 0 saturated carbocycles. The Morgan fingerprint density at radius 2 is 1.71 bits per heavy atom. The molecule has 1 heterocycles. The highest BCUT2D eigenvalue weighted by Crippen LogP contribution is 2.34. The number of anilines is 1. The molecule has 1 N–H and O–H groups in total. The number of ether oxygens (including phenoxy) is 1. The second kappa shape index (κ2) is 5.27. The van der Waals surface area contributed by atoms with Gasteiger partial charge in [-0.05, 0) is 6.07 Å². The summed E-state index contributed by atoms with van der Waals surface area (Å²) in [5, 5.41) is 2.44. The number of hydrogen-bond donors (Lipinski definition) is 1. The minimum absolute atomic E-state index is 0.105. The maximum Gasteiger partial charge on any atom is 0.185 e. The predicted molar refractivity (Wildman–Crippen MR) is 69.4 cm³/mol. The van der Waals surface area contributed by atoms with Crippen LogP contribution in [0.15, 0.2) is 30.3 Å². The Hall–Kier alpha value is -2.24. The fourth-order valence-electron chi connectivity index (χ4n) is 2.35. The highest BCUT2D eigenvalue weighted by Gasteiger charge is 2.25. The van der Waals surface area contributed by atoms with E-state index < -0.39 is 29.0 Å². The molecule has 2 aromatic rings. The van der Waals surface area contributed by atoms with Crippen molar-refractivity contribution in [1.29, 1.82) is 0 Å². The van der Waals surface area contributed by atoms with Crippen molar-refractivity contribution >= 4 is 5.69 Å². The molecule has 1 aliphatic heterocycles. The lowest BCUT2D eigenvalue weighted by molar-refractivity contribution is 0.334. The number of halogens is 4. The van der Waals surface area contributed by atoms with Crippen molar-refractivity contribution in [2.75, 3.05) is 18.5 Å². The normalized spacial score (nSPS) is 16.5. The zero-order valence-electron chi connectivity index (χ0n) is 10.8. The molecular formula is C15H11F4NO. The van der Waals surface area contributed by atoms with Crippen LogP contribution >= 0.6 is 0 Å². The van der Waals surface area contributed by atoms with Crippen molar-refractivity contribution in [1.82, 2.24) is 0 Å². The van der Waals surface area contributed by atoms with Crippen LogP contribution in [-0.4, -0.2) is 13.2 Å². The first-order valence-electron chi connectivity index (χ1n) is 6.36. The summed E-state index contributed by atoms with van der Waals surface area (Å²) in [5.74, 6) is -5.16. The number of para-hydroxylation sites is 1. The van der Waals surface area contributed by atoms with Gasteiger partial charge in [-0.25, -0.2) is 17.6 Å². The third-order valence-electron chi connectivity index (χ3n) is 3.44. The number of fused-ring (bicyclic) bond motifs is 1. The third kappa shape index (κ3) is 2.41. The Labute approximate surface area is 118 Å². The van der Waals surface area contributed by atoms with E-state index in [9.17, 15) is 17.6 Å². The second-order valence-corrected chi connectivity index (χ2v) is 4.77. The van der Waals surface area contributed by atoms with Gasteiger partial charge in [-0.2, -0.15) is 0 Å². The molecule has 0 aliphatic carbocycles. The Morgan fingerprint density at radius 3 is 2.43 bits per heavy atom. The molecule has 110 valence electrons. The average molecular weight is 297 g/mol.